The molecule has 3 heteroatoms. The molecule has 0 fully saturated rings. The minimum atomic E-state index is 0.187. The normalized spacial score (nSPS) is 10.7. The van der Waals surface area contributed by atoms with Gasteiger partial charge in [0.1, 0.15) is 0 Å². The lowest BCUT2D eigenvalue weighted by atomic mass is 10.1. The molecule has 0 radical (unpaired) electrons. The van der Waals surface area contributed by atoms with Crippen LogP contribution in [0.2, 0.25) is 0 Å². The van der Waals surface area contributed by atoms with E-state index in [2.05, 4.69) is 63.3 Å². The highest BCUT2D eigenvalue weighted by Gasteiger charge is 2.16. The van der Waals surface area contributed by atoms with Crippen LogP contribution in [0.4, 0.5) is 5.69 Å². The van der Waals surface area contributed by atoms with Crippen molar-refractivity contribution in [1.29, 1.82) is 0 Å². The monoisotopic (exact) mass is 324 g/mol. The maximum Gasteiger partial charge on any atom is 0.224 e. The van der Waals surface area contributed by atoms with Crippen LogP contribution in [0.5, 0.6) is 0 Å². The van der Waals surface area contributed by atoms with Gasteiger partial charge in [0.25, 0.3) is 0 Å². The molecule has 0 aliphatic heterocycles. The first-order valence-corrected chi connectivity index (χ1v) is 8.62. The topological polar surface area (TPSA) is 32.3 Å². The SMILES string of the molecule is Cc1ccc(C)c(NCCC(=O)N(Cc2ccccc2)C(C)C)c1. The number of anilines is 1. The largest absolute Gasteiger partial charge is 0.384 e. The summed E-state index contributed by atoms with van der Waals surface area (Å²) in [6.45, 7) is 9.62. The second kappa shape index (κ2) is 8.53. The molecule has 2 aromatic rings. The molecule has 128 valence electrons. The molecule has 0 spiro atoms. The predicted molar refractivity (Wildman–Crippen MR) is 101 cm³/mol. The van der Waals surface area contributed by atoms with Crippen LogP contribution in [-0.2, 0) is 11.3 Å². The predicted octanol–water partition coefficient (Wildman–Crippen LogP) is 4.54. The zero-order chi connectivity index (χ0) is 17.5. The fourth-order valence-electron chi connectivity index (χ4n) is 2.71. The highest BCUT2D eigenvalue weighted by Crippen LogP contribution is 2.16. The van der Waals surface area contributed by atoms with Crippen LogP contribution in [-0.4, -0.2) is 23.4 Å². The molecule has 2 aromatic carbocycles. The Labute approximate surface area is 145 Å². The summed E-state index contributed by atoms with van der Waals surface area (Å²) in [6, 6.07) is 16.7. The number of benzene rings is 2. The summed E-state index contributed by atoms with van der Waals surface area (Å²) in [5.74, 6) is 0.187. The van der Waals surface area contributed by atoms with Crippen molar-refractivity contribution < 1.29 is 4.79 Å². The molecule has 24 heavy (non-hydrogen) atoms. The van der Waals surface area contributed by atoms with Crippen molar-refractivity contribution in [3.8, 4) is 0 Å². The molecule has 1 amide bonds. The van der Waals surface area contributed by atoms with Gasteiger partial charge < -0.3 is 10.2 Å². The zero-order valence-corrected chi connectivity index (χ0v) is 15.2. The number of nitrogens with one attached hydrogen (secondary N) is 1. The second-order valence-corrected chi connectivity index (χ2v) is 6.60. The number of carbonyl (C=O) groups excluding carboxylic acids is 1. The van der Waals surface area contributed by atoms with Crippen molar-refractivity contribution in [3.05, 3.63) is 65.2 Å². The summed E-state index contributed by atoms with van der Waals surface area (Å²) >= 11 is 0. The third-order valence-electron chi connectivity index (χ3n) is 4.19. The number of nitrogens with zero attached hydrogens (tertiary/aromatic N) is 1. The van der Waals surface area contributed by atoms with E-state index in [9.17, 15) is 4.79 Å². The number of hydrogen-bond acceptors (Lipinski definition) is 2. The maximum absolute atomic E-state index is 12.6. The summed E-state index contributed by atoms with van der Waals surface area (Å²) in [6.07, 6.45) is 0.498. The van der Waals surface area contributed by atoms with E-state index in [1.807, 2.05) is 23.1 Å². The number of amides is 1. The first-order chi connectivity index (χ1) is 11.5. The van der Waals surface area contributed by atoms with Crippen LogP contribution >= 0.6 is 0 Å². The average Bonchev–Trinajstić information content (AvgIpc) is 2.56. The van der Waals surface area contributed by atoms with Gasteiger partial charge in [0.05, 0.1) is 0 Å². The van der Waals surface area contributed by atoms with Crippen LogP contribution in [0.15, 0.2) is 48.5 Å². The summed E-state index contributed by atoms with van der Waals surface area (Å²) in [5.41, 5.74) is 4.71. The number of rotatable bonds is 7. The Hall–Kier alpha value is -2.29. The molecular formula is C21H28N2O. The van der Waals surface area contributed by atoms with Gasteiger partial charge in [-0.1, -0.05) is 42.5 Å². The van der Waals surface area contributed by atoms with Crippen molar-refractivity contribution in [3.63, 3.8) is 0 Å². The molecule has 0 bridgehead atoms. The molecule has 2 rings (SSSR count). The Morgan fingerprint density at radius 1 is 1.08 bits per heavy atom. The summed E-state index contributed by atoms with van der Waals surface area (Å²) < 4.78 is 0. The fraction of sp³-hybridized carbons (Fsp3) is 0.381. The van der Waals surface area contributed by atoms with Crippen LogP contribution < -0.4 is 5.32 Å². The number of carbonyl (C=O) groups is 1. The van der Waals surface area contributed by atoms with Gasteiger partial charge in [-0.25, -0.2) is 0 Å². The summed E-state index contributed by atoms with van der Waals surface area (Å²) in [4.78, 5) is 14.6. The van der Waals surface area contributed by atoms with Gasteiger partial charge in [0.2, 0.25) is 5.91 Å². The van der Waals surface area contributed by atoms with Crippen LogP contribution in [0.1, 0.15) is 37.0 Å². The highest BCUT2D eigenvalue weighted by molar-refractivity contribution is 5.77. The van der Waals surface area contributed by atoms with Gasteiger partial charge in [0, 0.05) is 31.2 Å². The Bertz CT molecular complexity index is 665. The van der Waals surface area contributed by atoms with E-state index >= 15 is 0 Å². The Kier molecular flexibility index (Phi) is 6.42. The van der Waals surface area contributed by atoms with E-state index in [1.54, 1.807) is 0 Å². The van der Waals surface area contributed by atoms with Crippen molar-refractivity contribution >= 4 is 11.6 Å². The molecule has 0 saturated heterocycles. The summed E-state index contributed by atoms with van der Waals surface area (Å²) in [5, 5.41) is 3.39. The van der Waals surface area contributed by atoms with Crippen molar-refractivity contribution in [2.75, 3.05) is 11.9 Å². The first kappa shape index (κ1) is 18.1. The lowest BCUT2D eigenvalue weighted by Crippen LogP contribution is -2.37. The number of hydrogen-bond donors (Lipinski definition) is 1. The molecular weight excluding hydrogens is 296 g/mol. The van der Waals surface area contributed by atoms with Crippen LogP contribution in [0.25, 0.3) is 0 Å². The Morgan fingerprint density at radius 3 is 2.46 bits per heavy atom. The van der Waals surface area contributed by atoms with Gasteiger partial charge in [-0.3, -0.25) is 4.79 Å². The molecule has 1 N–H and O–H groups in total. The smallest absolute Gasteiger partial charge is 0.224 e. The average molecular weight is 324 g/mol. The van der Waals surface area contributed by atoms with Gasteiger partial charge in [-0.05, 0) is 50.5 Å². The molecule has 0 aromatic heterocycles. The van der Waals surface area contributed by atoms with Crippen LogP contribution in [0, 0.1) is 13.8 Å². The molecule has 0 aliphatic rings. The van der Waals surface area contributed by atoms with E-state index < -0.39 is 0 Å². The van der Waals surface area contributed by atoms with Crippen molar-refractivity contribution in [2.45, 2.75) is 46.7 Å². The minimum Gasteiger partial charge on any atom is -0.384 e. The fourth-order valence-corrected chi connectivity index (χ4v) is 2.71. The van der Waals surface area contributed by atoms with Crippen LogP contribution in [0.3, 0.4) is 0 Å². The summed E-state index contributed by atoms with van der Waals surface area (Å²) in [7, 11) is 0. The lowest BCUT2D eigenvalue weighted by Gasteiger charge is -2.27. The second-order valence-electron chi connectivity index (χ2n) is 6.60. The number of aryl methyl sites for hydroxylation is 2. The quantitative estimate of drug-likeness (QED) is 0.811. The third kappa shape index (κ3) is 5.12. The molecule has 0 unspecified atom stereocenters. The maximum atomic E-state index is 12.6. The van der Waals surface area contributed by atoms with Gasteiger partial charge >= 0.3 is 0 Å². The van der Waals surface area contributed by atoms with E-state index in [0.29, 0.717) is 19.5 Å². The van der Waals surface area contributed by atoms with Gasteiger partial charge in [-0.2, -0.15) is 0 Å². The van der Waals surface area contributed by atoms with Gasteiger partial charge in [0.15, 0.2) is 0 Å². The Morgan fingerprint density at radius 2 is 1.79 bits per heavy atom. The van der Waals surface area contributed by atoms with Gasteiger partial charge in [-0.15, -0.1) is 0 Å². The zero-order valence-electron chi connectivity index (χ0n) is 15.2. The molecule has 0 saturated carbocycles. The van der Waals surface area contributed by atoms with E-state index in [-0.39, 0.29) is 11.9 Å². The van der Waals surface area contributed by atoms with Crippen molar-refractivity contribution in [2.24, 2.45) is 0 Å². The Balaban J connectivity index is 1.92. The van der Waals surface area contributed by atoms with Crippen molar-refractivity contribution in [1.82, 2.24) is 4.90 Å². The third-order valence-corrected chi connectivity index (χ3v) is 4.19. The minimum absolute atomic E-state index is 0.187. The van der Waals surface area contributed by atoms with E-state index in [4.69, 9.17) is 0 Å². The standard InChI is InChI=1S/C21H28N2O/c1-16(2)23(15-19-8-6-5-7-9-19)21(24)12-13-22-20-14-17(3)10-11-18(20)4/h5-11,14,16,22H,12-13,15H2,1-4H3. The van der Waals surface area contributed by atoms with E-state index in [1.165, 1.54) is 16.7 Å². The first-order valence-electron chi connectivity index (χ1n) is 8.62. The molecule has 0 atom stereocenters. The lowest BCUT2D eigenvalue weighted by molar-refractivity contribution is -0.133. The molecule has 0 heterocycles. The molecule has 3 nitrogen and oxygen atoms in total. The highest BCUT2D eigenvalue weighted by atomic mass is 16.2. The molecule has 0 aliphatic carbocycles. The van der Waals surface area contributed by atoms with E-state index in [0.717, 1.165) is 5.69 Å².